The molecule has 0 aliphatic carbocycles. The maximum Gasteiger partial charge on any atom is 0.333 e. The van der Waals surface area contributed by atoms with Crippen LogP contribution in [-0.4, -0.2) is 19.1 Å². The van der Waals surface area contributed by atoms with E-state index in [0.29, 0.717) is 0 Å². The number of aromatic amines is 1. The van der Waals surface area contributed by atoms with Crippen LogP contribution in [0.15, 0.2) is 9.59 Å². The summed E-state index contributed by atoms with van der Waals surface area (Å²) in [7, 11) is 1.50. The molecule has 6 heteroatoms. The molecule has 0 bridgehead atoms. The van der Waals surface area contributed by atoms with E-state index in [-0.39, 0.29) is 23.5 Å². The molecule has 0 aromatic carbocycles. The second-order valence-electron chi connectivity index (χ2n) is 3.37. The van der Waals surface area contributed by atoms with E-state index in [2.05, 4.69) is 21.8 Å². The topological polar surface area (TPSA) is 72.7 Å². The van der Waals surface area contributed by atoms with Gasteiger partial charge in [-0.05, 0) is 5.92 Å². The monoisotopic (exact) mass is 228 g/mol. The number of nitrogens with zero attached hydrogens (tertiary/aromatic N) is 3. The second-order valence-corrected chi connectivity index (χ2v) is 3.37. The van der Waals surface area contributed by atoms with Gasteiger partial charge in [0.05, 0.1) is 6.54 Å². The molecule has 0 amide bonds. The molecular weight excluding hydrogens is 220 g/mol. The van der Waals surface area contributed by atoms with Crippen molar-refractivity contribution in [2.45, 2.75) is 6.54 Å². The zero-order chi connectivity index (χ0) is 12.6. The fourth-order valence-electron chi connectivity index (χ4n) is 1.55. The number of fused-ring (bicyclic) bond motifs is 1. The average molecular weight is 228 g/mol. The Hall–Kier alpha value is -2.73. The number of rotatable bonds is 1. The van der Waals surface area contributed by atoms with Crippen molar-refractivity contribution in [3.8, 4) is 24.7 Å². The summed E-state index contributed by atoms with van der Waals surface area (Å²) in [6.07, 6.45) is 10.3. The summed E-state index contributed by atoms with van der Waals surface area (Å²) >= 11 is 0. The van der Waals surface area contributed by atoms with Crippen molar-refractivity contribution in [2.75, 3.05) is 0 Å². The molecule has 17 heavy (non-hydrogen) atoms. The van der Waals surface area contributed by atoms with Crippen LogP contribution in [-0.2, 0) is 13.6 Å². The van der Waals surface area contributed by atoms with E-state index in [1.807, 2.05) is 0 Å². The lowest BCUT2D eigenvalue weighted by atomic mass is 10.5. The van der Waals surface area contributed by atoms with E-state index in [1.54, 1.807) is 0 Å². The van der Waals surface area contributed by atoms with Crippen molar-refractivity contribution in [1.82, 2.24) is 19.1 Å². The van der Waals surface area contributed by atoms with Gasteiger partial charge in [0.1, 0.15) is 0 Å². The minimum absolute atomic E-state index is 0.0914. The van der Waals surface area contributed by atoms with Gasteiger partial charge in [0.2, 0.25) is 0 Å². The molecule has 0 fully saturated rings. The number of terminal acetylenes is 2. The molecule has 0 aliphatic rings. The first kappa shape index (κ1) is 10.8. The van der Waals surface area contributed by atoms with E-state index in [1.165, 1.54) is 11.6 Å². The molecule has 0 spiro atoms. The Kier molecular flexibility index (Phi) is 2.34. The van der Waals surface area contributed by atoms with E-state index >= 15 is 0 Å². The molecule has 2 heterocycles. The number of hydrogen-bond acceptors (Lipinski definition) is 3. The van der Waals surface area contributed by atoms with Gasteiger partial charge in [-0.3, -0.25) is 9.36 Å². The lowest BCUT2D eigenvalue weighted by Crippen LogP contribution is -2.38. The quantitative estimate of drug-likeness (QED) is 0.639. The molecule has 1 N–H and O–H groups in total. The fraction of sp³-hybridized carbons (Fsp3) is 0.182. The van der Waals surface area contributed by atoms with Gasteiger partial charge in [0.25, 0.3) is 5.56 Å². The smallest absolute Gasteiger partial charge is 0.325 e. The number of nitrogens with one attached hydrogen (secondary N) is 1. The van der Waals surface area contributed by atoms with Crippen LogP contribution < -0.4 is 11.2 Å². The Bertz CT molecular complexity index is 792. The minimum atomic E-state index is -0.518. The first-order valence-corrected chi connectivity index (χ1v) is 4.69. The van der Waals surface area contributed by atoms with Crippen molar-refractivity contribution in [1.29, 1.82) is 0 Å². The Morgan fingerprint density at radius 1 is 1.41 bits per heavy atom. The Balaban J connectivity index is 3.00. The summed E-state index contributed by atoms with van der Waals surface area (Å²) in [6, 6.07) is 0. The van der Waals surface area contributed by atoms with Gasteiger partial charge in [0, 0.05) is 7.05 Å². The molecule has 2 rings (SSSR count). The SMILES string of the molecule is C#CCn1c(=O)c2[nH]c(C#C)nc2n(C)c1=O. The number of hydrogen-bond donors (Lipinski definition) is 1. The zero-order valence-electron chi connectivity index (χ0n) is 9.02. The summed E-state index contributed by atoms with van der Waals surface area (Å²) in [5.74, 6) is 4.72. The van der Waals surface area contributed by atoms with Crippen LogP contribution in [0.1, 0.15) is 5.82 Å². The highest BCUT2D eigenvalue weighted by Gasteiger charge is 2.13. The normalized spacial score (nSPS) is 10.1. The standard InChI is InChI=1S/C11H8N4O2/c1-4-6-15-10(16)8-9(14(3)11(15)17)13-7(5-2)12-8/h1-2H,6H2,3H3,(H,12,13). The third-order valence-corrected chi connectivity index (χ3v) is 2.37. The van der Waals surface area contributed by atoms with Crippen LogP contribution in [0.4, 0.5) is 0 Å². The van der Waals surface area contributed by atoms with Crippen LogP contribution in [0.3, 0.4) is 0 Å². The van der Waals surface area contributed by atoms with Crippen molar-refractivity contribution in [2.24, 2.45) is 7.05 Å². The van der Waals surface area contributed by atoms with Gasteiger partial charge in [0.15, 0.2) is 17.0 Å². The van der Waals surface area contributed by atoms with Gasteiger partial charge >= 0.3 is 5.69 Å². The van der Waals surface area contributed by atoms with Gasteiger partial charge in [-0.2, -0.15) is 0 Å². The molecule has 2 aromatic rings. The highest BCUT2D eigenvalue weighted by Crippen LogP contribution is 2.02. The van der Waals surface area contributed by atoms with Crippen LogP contribution in [0.5, 0.6) is 0 Å². The maximum absolute atomic E-state index is 11.9. The molecule has 0 saturated heterocycles. The largest absolute Gasteiger partial charge is 0.333 e. The van der Waals surface area contributed by atoms with Gasteiger partial charge in [-0.25, -0.2) is 14.3 Å². The highest BCUT2D eigenvalue weighted by molar-refractivity contribution is 5.70. The molecule has 0 atom stereocenters. The molecular formula is C11H8N4O2. The Morgan fingerprint density at radius 3 is 2.71 bits per heavy atom. The van der Waals surface area contributed by atoms with Crippen LogP contribution >= 0.6 is 0 Å². The number of aryl methyl sites for hydroxylation is 1. The van der Waals surface area contributed by atoms with Crippen LogP contribution in [0.2, 0.25) is 0 Å². The molecule has 6 nitrogen and oxygen atoms in total. The highest BCUT2D eigenvalue weighted by atomic mass is 16.2. The predicted molar refractivity (Wildman–Crippen MR) is 62.4 cm³/mol. The molecule has 0 aliphatic heterocycles. The molecule has 0 saturated carbocycles. The third kappa shape index (κ3) is 1.44. The lowest BCUT2D eigenvalue weighted by Gasteiger charge is -2.03. The van der Waals surface area contributed by atoms with Crippen molar-refractivity contribution in [3.63, 3.8) is 0 Å². The molecule has 84 valence electrons. The summed E-state index contributed by atoms with van der Waals surface area (Å²) in [5.41, 5.74) is -0.637. The van der Waals surface area contributed by atoms with Gasteiger partial charge in [-0.15, -0.1) is 12.8 Å². The number of H-pyrrole nitrogens is 1. The van der Waals surface area contributed by atoms with Crippen molar-refractivity contribution < 1.29 is 0 Å². The molecule has 0 unspecified atom stereocenters. The average Bonchev–Trinajstić information content (AvgIpc) is 2.76. The van der Waals surface area contributed by atoms with E-state index in [0.717, 1.165) is 4.57 Å². The first-order valence-electron chi connectivity index (χ1n) is 4.69. The number of imidazole rings is 1. The summed E-state index contributed by atoms with van der Waals surface area (Å²) in [6.45, 7) is -0.0914. The van der Waals surface area contributed by atoms with Gasteiger partial charge < -0.3 is 4.98 Å². The molecule has 0 radical (unpaired) electrons. The zero-order valence-corrected chi connectivity index (χ0v) is 9.02. The third-order valence-electron chi connectivity index (χ3n) is 2.37. The minimum Gasteiger partial charge on any atom is -0.325 e. The first-order chi connectivity index (χ1) is 8.10. The molecule has 2 aromatic heterocycles. The second kappa shape index (κ2) is 3.69. The fourth-order valence-corrected chi connectivity index (χ4v) is 1.55. The Labute approximate surface area is 95.9 Å². The maximum atomic E-state index is 11.9. The summed E-state index contributed by atoms with van der Waals surface area (Å²) in [4.78, 5) is 30.4. The van der Waals surface area contributed by atoms with Crippen molar-refractivity contribution in [3.05, 3.63) is 26.7 Å². The van der Waals surface area contributed by atoms with Crippen LogP contribution in [0.25, 0.3) is 11.2 Å². The van der Waals surface area contributed by atoms with E-state index in [9.17, 15) is 9.59 Å². The predicted octanol–water partition coefficient (Wildman–Crippen LogP) is -0.962. The van der Waals surface area contributed by atoms with Gasteiger partial charge in [-0.1, -0.05) is 5.92 Å². The number of aromatic nitrogens is 4. The Morgan fingerprint density at radius 2 is 2.12 bits per heavy atom. The van der Waals surface area contributed by atoms with E-state index in [4.69, 9.17) is 12.8 Å². The summed E-state index contributed by atoms with van der Waals surface area (Å²) in [5, 5.41) is 0. The summed E-state index contributed by atoms with van der Waals surface area (Å²) < 4.78 is 2.17. The lowest BCUT2D eigenvalue weighted by molar-refractivity contribution is 0.676. The van der Waals surface area contributed by atoms with Crippen LogP contribution in [0, 0.1) is 24.7 Å². The van der Waals surface area contributed by atoms with Crippen molar-refractivity contribution >= 4 is 11.2 Å². The van der Waals surface area contributed by atoms with E-state index < -0.39 is 11.2 Å².